The number of hydrogen-bond donors (Lipinski definition) is 2. The molecule has 2 bridgehead atoms. The Hall–Kier alpha value is -2.19. The van der Waals surface area contributed by atoms with Crippen LogP contribution in [0.3, 0.4) is 0 Å². The number of aliphatic hydroxyl groups excluding tert-OH is 1. The van der Waals surface area contributed by atoms with Crippen molar-refractivity contribution in [2.75, 3.05) is 0 Å². The molecule has 1 aliphatic heterocycles. The molecule has 178 valence electrons. The lowest BCUT2D eigenvalue weighted by atomic mass is 9.48. The Labute approximate surface area is 188 Å². The highest BCUT2D eigenvalue weighted by atomic mass is 16.6. The minimum atomic E-state index is -1.33. The molecule has 2 N–H and O–H groups in total. The molecule has 2 aliphatic carbocycles. The summed E-state index contributed by atoms with van der Waals surface area (Å²) in [5, 5.41) is 22.5. The highest BCUT2D eigenvalue weighted by Crippen LogP contribution is 2.60. The average molecular weight is 451 g/mol. The summed E-state index contributed by atoms with van der Waals surface area (Å²) in [4.78, 5) is 38.1. The maximum atomic E-state index is 12.7. The molecule has 2 saturated carbocycles. The smallest absolute Gasteiger partial charge is 0.334 e. The first-order valence-electron chi connectivity index (χ1n) is 11.1. The van der Waals surface area contributed by atoms with Gasteiger partial charge in [0.1, 0.15) is 12.2 Å². The van der Waals surface area contributed by atoms with Gasteiger partial charge in [0.2, 0.25) is 0 Å². The molecule has 0 aromatic heterocycles. The van der Waals surface area contributed by atoms with Gasteiger partial charge in [-0.25, -0.2) is 9.59 Å². The molecular formula is C24H34O8. The molecule has 0 aromatic rings. The lowest BCUT2D eigenvalue weighted by Gasteiger charge is -2.63. The van der Waals surface area contributed by atoms with Crippen LogP contribution >= 0.6 is 0 Å². The number of ether oxygens (including phenoxy) is 3. The predicted molar refractivity (Wildman–Crippen MR) is 114 cm³/mol. The third-order valence-corrected chi connectivity index (χ3v) is 7.55. The monoisotopic (exact) mass is 450 g/mol. The van der Waals surface area contributed by atoms with Crippen molar-refractivity contribution in [2.24, 2.45) is 23.2 Å². The lowest BCUT2D eigenvalue weighted by molar-refractivity contribution is -0.292. The summed E-state index contributed by atoms with van der Waals surface area (Å²) in [7, 11) is 0. The maximum Gasteiger partial charge on any atom is 0.334 e. The fraction of sp³-hybridized carbons (Fsp3) is 0.708. The van der Waals surface area contributed by atoms with Crippen LogP contribution in [0.4, 0.5) is 0 Å². The first kappa shape index (κ1) is 24.5. The van der Waals surface area contributed by atoms with E-state index in [0.29, 0.717) is 5.57 Å². The van der Waals surface area contributed by atoms with Crippen LogP contribution in [0.2, 0.25) is 0 Å². The third-order valence-electron chi connectivity index (χ3n) is 7.55. The van der Waals surface area contributed by atoms with E-state index in [4.69, 9.17) is 14.2 Å². The van der Waals surface area contributed by atoms with Crippen molar-refractivity contribution in [1.82, 2.24) is 0 Å². The van der Waals surface area contributed by atoms with Crippen LogP contribution < -0.4 is 0 Å². The zero-order valence-electron chi connectivity index (χ0n) is 19.6. The van der Waals surface area contributed by atoms with E-state index in [1.54, 1.807) is 47.6 Å². The number of hydrogen-bond acceptors (Lipinski definition) is 8. The SMILES string of the molecule is C=C1C(=O)O[C@H]2[C@@H](OC(=O)/C(C)=C\C)[C@@H]1[C@H](OC(=O)C(C)C)[C@H]1[C@@]2(C)[C@@H](O)CC[C@]1(C)O. The maximum absolute atomic E-state index is 12.7. The summed E-state index contributed by atoms with van der Waals surface area (Å²) in [5.41, 5.74) is -2.19. The minimum absolute atomic E-state index is 0.0108. The Morgan fingerprint density at radius 2 is 1.88 bits per heavy atom. The highest BCUT2D eigenvalue weighted by molar-refractivity contribution is 5.91. The van der Waals surface area contributed by atoms with Crippen LogP contribution in [0.15, 0.2) is 23.8 Å². The number of aliphatic hydroxyl groups is 2. The second-order valence-electron chi connectivity index (χ2n) is 10.0. The Bertz CT molecular complexity index is 856. The Morgan fingerprint density at radius 3 is 2.44 bits per heavy atom. The molecule has 8 heteroatoms. The summed E-state index contributed by atoms with van der Waals surface area (Å²) >= 11 is 0. The van der Waals surface area contributed by atoms with E-state index in [2.05, 4.69) is 6.58 Å². The highest BCUT2D eigenvalue weighted by Gasteiger charge is 2.72. The zero-order chi connectivity index (χ0) is 24.2. The van der Waals surface area contributed by atoms with E-state index in [1.165, 1.54) is 0 Å². The first-order chi connectivity index (χ1) is 14.8. The van der Waals surface area contributed by atoms with Gasteiger partial charge < -0.3 is 24.4 Å². The van der Waals surface area contributed by atoms with Gasteiger partial charge in [0.05, 0.1) is 23.5 Å². The van der Waals surface area contributed by atoms with E-state index >= 15 is 0 Å². The number of rotatable bonds is 4. The van der Waals surface area contributed by atoms with Gasteiger partial charge in [-0.3, -0.25) is 4.79 Å². The quantitative estimate of drug-likeness (QED) is 0.380. The van der Waals surface area contributed by atoms with Crippen LogP contribution in [0.25, 0.3) is 0 Å². The van der Waals surface area contributed by atoms with Crippen LogP contribution in [0, 0.1) is 23.2 Å². The van der Waals surface area contributed by atoms with Gasteiger partial charge in [0.25, 0.3) is 0 Å². The fourth-order valence-corrected chi connectivity index (χ4v) is 5.58. The number of carbonyl (C=O) groups is 3. The summed E-state index contributed by atoms with van der Waals surface area (Å²) < 4.78 is 17.4. The van der Waals surface area contributed by atoms with E-state index in [9.17, 15) is 24.6 Å². The van der Waals surface area contributed by atoms with Gasteiger partial charge in [-0.1, -0.05) is 33.4 Å². The van der Waals surface area contributed by atoms with E-state index in [-0.39, 0.29) is 18.4 Å². The number of allylic oxidation sites excluding steroid dienone is 1. The van der Waals surface area contributed by atoms with E-state index < -0.39 is 71.1 Å². The summed E-state index contributed by atoms with van der Waals surface area (Å²) in [5.74, 6) is -3.98. The van der Waals surface area contributed by atoms with E-state index in [0.717, 1.165) is 0 Å². The molecule has 3 rings (SSSR count). The molecule has 3 aliphatic rings. The van der Waals surface area contributed by atoms with Crippen LogP contribution in [-0.2, 0) is 28.6 Å². The largest absolute Gasteiger partial charge is 0.461 e. The molecule has 0 radical (unpaired) electrons. The predicted octanol–water partition coefficient (Wildman–Crippen LogP) is 2.07. The molecule has 0 unspecified atom stereocenters. The van der Waals surface area contributed by atoms with E-state index in [1.807, 2.05) is 0 Å². The van der Waals surface area contributed by atoms with Crippen molar-refractivity contribution in [3.8, 4) is 0 Å². The minimum Gasteiger partial charge on any atom is -0.461 e. The number of esters is 3. The van der Waals surface area contributed by atoms with Crippen molar-refractivity contribution in [1.29, 1.82) is 0 Å². The van der Waals surface area contributed by atoms with Gasteiger partial charge in [0.15, 0.2) is 6.10 Å². The topological polar surface area (TPSA) is 119 Å². The molecule has 0 aromatic carbocycles. The number of carbonyl (C=O) groups excluding carboxylic acids is 3. The molecular weight excluding hydrogens is 416 g/mol. The molecule has 32 heavy (non-hydrogen) atoms. The van der Waals surface area contributed by atoms with Crippen LogP contribution in [0.1, 0.15) is 54.4 Å². The van der Waals surface area contributed by atoms with Crippen molar-refractivity contribution in [3.63, 3.8) is 0 Å². The summed E-state index contributed by atoms with van der Waals surface area (Å²) in [6.45, 7) is 13.8. The molecule has 1 heterocycles. The van der Waals surface area contributed by atoms with Crippen LogP contribution in [0.5, 0.6) is 0 Å². The van der Waals surface area contributed by atoms with Crippen LogP contribution in [-0.4, -0.2) is 58.1 Å². The molecule has 3 fully saturated rings. The molecule has 8 nitrogen and oxygen atoms in total. The third kappa shape index (κ3) is 3.67. The fourth-order valence-electron chi connectivity index (χ4n) is 5.58. The van der Waals surface area contributed by atoms with Gasteiger partial charge >= 0.3 is 17.9 Å². The van der Waals surface area contributed by atoms with Crippen molar-refractivity contribution < 1.29 is 38.8 Å². The lowest BCUT2D eigenvalue weighted by Crippen LogP contribution is -2.75. The molecule has 0 spiro atoms. The number of fused-ring (bicyclic) bond motifs is 4. The van der Waals surface area contributed by atoms with Crippen molar-refractivity contribution in [3.05, 3.63) is 23.8 Å². The van der Waals surface area contributed by atoms with Crippen molar-refractivity contribution >= 4 is 17.9 Å². The Kier molecular flexibility index (Phi) is 6.34. The molecule has 0 amide bonds. The molecule has 1 saturated heterocycles. The molecule has 8 atom stereocenters. The second-order valence-corrected chi connectivity index (χ2v) is 10.0. The Morgan fingerprint density at radius 1 is 1.25 bits per heavy atom. The average Bonchev–Trinajstić information content (AvgIpc) is 2.71. The van der Waals surface area contributed by atoms with Gasteiger partial charge in [0, 0.05) is 22.5 Å². The zero-order valence-corrected chi connectivity index (χ0v) is 19.6. The summed E-state index contributed by atoms with van der Waals surface area (Å²) in [6, 6.07) is 0. The van der Waals surface area contributed by atoms with Gasteiger partial charge in [-0.15, -0.1) is 0 Å². The van der Waals surface area contributed by atoms with Gasteiger partial charge in [-0.05, 0) is 33.6 Å². The summed E-state index contributed by atoms with van der Waals surface area (Å²) in [6.07, 6.45) is -1.98. The standard InChI is InChI=1S/C24H34O8/c1-8-12(4)21(27)31-17-15-13(5)22(28)32-19(17)24(7)14(25)9-10-23(6,29)18(24)16(15)30-20(26)11(2)3/h8,11,14-19,25,29H,5,9-10H2,1-4,6-7H3/b12-8-/t14-,15-,16-,17-,18+,19-,23-,24+/m0/s1. The van der Waals surface area contributed by atoms with Gasteiger partial charge in [-0.2, -0.15) is 0 Å². The van der Waals surface area contributed by atoms with Crippen molar-refractivity contribution in [2.45, 2.75) is 84.4 Å². The Balaban J connectivity index is 2.19. The normalized spacial score (nSPS) is 41.6. The first-order valence-corrected chi connectivity index (χ1v) is 11.1. The second kappa shape index (κ2) is 8.30.